The van der Waals surface area contributed by atoms with Crippen molar-refractivity contribution < 1.29 is 9.59 Å². The predicted molar refractivity (Wildman–Crippen MR) is 149 cm³/mol. The second kappa shape index (κ2) is 11.3. The zero-order chi connectivity index (χ0) is 25.9. The lowest BCUT2D eigenvalue weighted by Gasteiger charge is -2.38. The van der Waals surface area contributed by atoms with Gasteiger partial charge in [-0.15, -0.1) is 0 Å². The number of fused-ring (bicyclic) bond motifs is 2. The minimum atomic E-state index is -0.664. The number of amides is 2. The monoisotopic (exact) mass is 521 g/mol. The van der Waals surface area contributed by atoms with Gasteiger partial charge in [-0.3, -0.25) is 9.59 Å². The molecule has 2 aliphatic heterocycles. The van der Waals surface area contributed by atoms with Gasteiger partial charge in [0.2, 0.25) is 11.8 Å². The number of rotatable bonds is 7. The minimum absolute atomic E-state index is 0.0297. The van der Waals surface area contributed by atoms with Crippen molar-refractivity contribution in [3.63, 3.8) is 0 Å². The maximum atomic E-state index is 14.3. The largest absolute Gasteiger partial charge is 0.361 e. The summed E-state index contributed by atoms with van der Waals surface area (Å²) in [5, 5.41) is 8.24. The van der Waals surface area contributed by atoms with Crippen LogP contribution in [0.5, 0.6) is 0 Å². The summed E-state index contributed by atoms with van der Waals surface area (Å²) in [5.74, 6) is 0.102. The Bertz CT molecular complexity index is 1270. The van der Waals surface area contributed by atoms with Crippen LogP contribution < -0.4 is 15.5 Å². The number of hydrogen-bond acceptors (Lipinski definition) is 4. The Morgan fingerprint density at radius 2 is 1.95 bits per heavy atom. The van der Waals surface area contributed by atoms with Gasteiger partial charge >= 0.3 is 0 Å². The standard InChI is InChI=1S/C29H36ClN5O2/c1-34(2)17-19-13-21-14-23(30)7-8-27(21)35(18-19)29(37)26(33-28(36)20-9-11-31-12-10-20)15-22-16-32-25-6-4-3-5-24(22)25/h3-8,14,16,19-20,26,31-32H,9-13,15,17-18H2,1-2H3,(H,33,36)/t19-,26?/m0/s1. The van der Waals surface area contributed by atoms with E-state index in [0.717, 1.165) is 66.6 Å². The van der Waals surface area contributed by atoms with Crippen LogP contribution in [-0.4, -0.2) is 68.0 Å². The number of aromatic amines is 1. The Balaban J connectivity index is 1.46. The smallest absolute Gasteiger partial charge is 0.249 e. The van der Waals surface area contributed by atoms with E-state index in [2.05, 4.69) is 40.7 Å². The maximum absolute atomic E-state index is 14.3. The molecule has 0 radical (unpaired) electrons. The average molecular weight is 522 g/mol. The van der Waals surface area contributed by atoms with Gasteiger partial charge in [0.1, 0.15) is 6.04 Å². The predicted octanol–water partition coefficient (Wildman–Crippen LogP) is 3.62. The van der Waals surface area contributed by atoms with Gasteiger partial charge in [0, 0.05) is 53.2 Å². The van der Waals surface area contributed by atoms with Crippen LogP contribution in [0.2, 0.25) is 5.02 Å². The maximum Gasteiger partial charge on any atom is 0.249 e. The van der Waals surface area contributed by atoms with Crippen molar-refractivity contribution in [1.29, 1.82) is 0 Å². The molecule has 1 saturated heterocycles. The third-order valence-electron chi connectivity index (χ3n) is 7.59. The van der Waals surface area contributed by atoms with Crippen LogP contribution in [0.1, 0.15) is 24.0 Å². The first-order valence-corrected chi connectivity index (χ1v) is 13.6. The van der Waals surface area contributed by atoms with Crippen molar-refractivity contribution in [1.82, 2.24) is 20.5 Å². The molecule has 3 aromatic rings. The van der Waals surface area contributed by atoms with Gasteiger partial charge in [0.05, 0.1) is 0 Å². The van der Waals surface area contributed by atoms with Crippen molar-refractivity contribution in [2.24, 2.45) is 11.8 Å². The van der Waals surface area contributed by atoms with Crippen LogP contribution in [0.3, 0.4) is 0 Å². The normalized spacial score (nSPS) is 19.1. The van der Waals surface area contributed by atoms with Crippen LogP contribution in [0.25, 0.3) is 10.9 Å². The van der Waals surface area contributed by atoms with Crippen molar-refractivity contribution in [3.8, 4) is 0 Å². The summed E-state index contributed by atoms with van der Waals surface area (Å²) in [6.07, 6.45) is 4.83. The fourth-order valence-electron chi connectivity index (χ4n) is 5.84. The quantitative estimate of drug-likeness (QED) is 0.443. The van der Waals surface area contributed by atoms with Gasteiger partial charge < -0.3 is 25.4 Å². The molecule has 2 atom stereocenters. The number of hydrogen-bond donors (Lipinski definition) is 3. The van der Waals surface area contributed by atoms with E-state index in [-0.39, 0.29) is 23.7 Å². The molecule has 2 aliphatic rings. The number of carbonyl (C=O) groups is 2. The molecule has 1 unspecified atom stereocenters. The van der Waals surface area contributed by atoms with Crippen LogP contribution in [0.4, 0.5) is 5.69 Å². The summed E-state index contributed by atoms with van der Waals surface area (Å²) < 4.78 is 0. The zero-order valence-electron chi connectivity index (χ0n) is 21.6. The number of nitrogens with zero attached hydrogens (tertiary/aromatic N) is 2. The fourth-order valence-corrected chi connectivity index (χ4v) is 6.04. The summed E-state index contributed by atoms with van der Waals surface area (Å²) in [7, 11) is 4.11. The average Bonchev–Trinajstić information content (AvgIpc) is 3.30. The lowest BCUT2D eigenvalue weighted by Crippen LogP contribution is -2.54. The molecular formula is C29H36ClN5O2. The summed E-state index contributed by atoms with van der Waals surface area (Å²) in [4.78, 5) is 35.0. The number of anilines is 1. The summed E-state index contributed by atoms with van der Waals surface area (Å²) in [5.41, 5.74) is 4.02. The lowest BCUT2D eigenvalue weighted by molar-refractivity contribution is -0.130. The number of carbonyl (C=O) groups excluding carboxylic acids is 2. The molecular weight excluding hydrogens is 486 g/mol. The second-order valence-electron chi connectivity index (χ2n) is 10.7. The number of piperidine rings is 1. The fraction of sp³-hybridized carbons (Fsp3) is 0.448. The Kier molecular flexibility index (Phi) is 7.84. The first kappa shape index (κ1) is 25.8. The molecule has 0 saturated carbocycles. The van der Waals surface area contributed by atoms with Gasteiger partial charge in [-0.1, -0.05) is 29.8 Å². The van der Waals surface area contributed by atoms with E-state index < -0.39 is 6.04 Å². The molecule has 8 heteroatoms. The Morgan fingerprint density at radius 3 is 2.73 bits per heavy atom. The molecule has 2 amide bonds. The van der Waals surface area contributed by atoms with Crippen molar-refractivity contribution >= 4 is 40.0 Å². The molecule has 37 heavy (non-hydrogen) atoms. The van der Waals surface area contributed by atoms with Crippen molar-refractivity contribution in [3.05, 3.63) is 64.8 Å². The van der Waals surface area contributed by atoms with Gasteiger partial charge in [-0.2, -0.15) is 0 Å². The highest BCUT2D eigenvalue weighted by Crippen LogP contribution is 2.33. The number of halogens is 1. The van der Waals surface area contributed by atoms with E-state index >= 15 is 0 Å². The molecule has 1 fully saturated rings. The Hall–Kier alpha value is -2.87. The van der Waals surface area contributed by atoms with Crippen LogP contribution in [-0.2, 0) is 22.4 Å². The van der Waals surface area contributed by atoms with E-state index in [4.69, 9.17) is 11.6 Å². The van der Waals surface area contributed by atoms with E-state index in [1.165, 1.54) is 0 Å². The van der Waals surface area contributed by atoms with Crippen LogP contribution in [0.15, 0.2) is 48.7 Å². The van der Waals surface area contributed by atoms with E-state index in [0.29, 0.717) is 18.0 Å². The lowest BCUT2D eigenvalue weighted by atomic mass is 9.90. The first-order chi connectivity index (χ1) is 17.9. The highest BCUT2D eigenvalue weighted by Gasteiger charge is 2.35. The first-order valence-electron chi connectivity index (χ1n) is 13.2. The highest BCUT2D eigenvalue weighted by molar-refractivity contribution is 6.30. The number of benzene rings is 2. The molecule has 1 aromatic heterocycles. The number of H-pyrrole nitrogens is 1. The van der Waals surface area contributed by atoms with Gasteiger partial charge in [-0.25, -0.2) is 0 Å². The van der Waals surface area contributed by atoms with Crippen molar-refractivity contribution in [2.75, 3.05) is 45.2 Å². The highest BCUT2D eigenvalue weighted by atomic mass is 35.5. The molecule has 7 nitrogen and oxygen atoms in total. The molecule has 5 rings (SSSR count). The summed E-state index contributed by atoms with van der Waals surface area (Å²) >= 11 is 6.35. The minimum Gasteiger partial charge on any atom is -0.361 e. The van der Waals surface area contributed by atoms with Gasteiger partial charge in [0.15, 0.2) is 0 Å². The Labute approximate surface area is 223 Å². The third kappa shape index (κ3) is 5.84. The van der Waals surface area contributed by atoms with Crippen LogP contribution in [0, 0.1) is 11.8 Å². The summed E-state index contributed by atoms with van der Waals surface area (Å²) in [6.45, 7) is 3.13. The van der Waals surface area contributed by atoms with E-state index in [1.54, 1.807) is 0 Å². The molecule has 196 valence electrons. The second-order valence-corrected chi connectivity index (χ2v) is 11.1. The Morgan fingerprint density at radius 1 is 1.16 bits per heavy atom. The van der Waals surface area contributed by atoms with Crippen LogP contribution >= 0.6 is 11.6 Å². The molecule has 3 heterocycles. The topological polar surface area (TPSA) is 80.5 Å². The van der Waals surface area contributed by atoms with E-state index in [1.807, 2.05) is 47.5 Å². The van der Waals surface area contributed by atoms with Gasteiger partial charge in [0.25, 0.3) is 0 Å². The van der Waals surface area contributed by atoms with E-state index in [9.17, 15) is 9.59 Å². The third-order valence-corrected chi connectivity index (χ3v) is 7.83. The zero-order valence-corrected chi connectivity index (χ0v) is 22.4. The molecule has 0 spiro atoms. The SMILES string of the molecule is CN(C)C[C@@H]1Cc2cc(Cl)ccc2N(C(=O)C(Cc2c[nH]c3ccccc23)NC(=O)C2CCNCC2)C1. The van der Waals surface area contributed by atoms with Crippen molar-refractivity contribution in [2.45, 2.75) is 31.7 Å². The molecule has 2 aromatic carbocycles. The summed E-state index contributed by atoms with van der Waals surface area (Å²) in [6, 6.07) is 13.2. The number of nitrogens with one attached hydrogen (secondary N) is 3. The number of aromatic nitrogens is 1. The number of para-hydroxylation sites is 1. The molecule has 0 aliphatic carbocycles. The molecule has 0 bridgehead atoms. The molecule has 3 N–H and O–H groups in total. The van der Waals surface area contributed by atoms with Gasteiger partial charge in [-0.05, 0) is 87.8 Å².